The van der Waals surface area contributed by atoms with Crippen LogP contribution in [-0.2, 0) is 6.54 Å². The summed E-state index contributed by atoms with van der Waals surface area (Å²) in [5.74, 6) is 1.10. The predicted molar refractivity (Wildman–Crippen MR) is 93.4 cm³/mol. The molecule has 134 valence electrons. The van der Waals surface area contributed by atoms with Gasteiger partial charge < -0.3 is 15.4 Å². The molecule has 0 saturated heterocycles. The summed E-state index contributed by atoms with van der Waals surface area (Å²) < 4.78 is 7.80. The van der Waals surface area contributed by atoms with Crippen LogP contribution in [0.5, 0.6) is 5.75 Å². The number of nitrogens with zero attached hydrogens (tertiary/aromatic N) is 5. The van der Waals surface area contributed by atoms with Crippen LogP contribution in [-0.4, -0.2) is 44.2 Å². The fourth-order valence-electron chi connectivity index (χ4n) is 2.20. The van der Waals surface area contributed by atoms with E-state index in [9.17, 15) is 9.59 Å². The maximum atomic E-state index is 11.9. The van der Waals surface area contributed by atoms with Crippen molar-refractivity contribution >= 4 is 11.7 Å². The van der Waals surface area contributed by atoms with Crippen LogP contribution < -0.4 is 20.9 Å². The highest BCUT2D eigenvalue weighted by Gasteiger charge is 2.05. The third-order valence-electron chi connectivity index (χ3n) is 3.44. The Labute approximate surface area is 148 Å². The van der Waals surface area contributed by atoms with Crippen LogP contribution in [0, 0.1) is 0 Å². The molecule has 2 aromatic heterocycles. The van der Waals surface area contributed by atoms with Gasteiger partial charge in [-0.2, -0.15) is 5.10 Å². The average Bonchev–Trinajstić information content (AvgIpc) is 3.18. The summed E-state index contributed by atoms with van der Waals surface area (Å²) in [6.45, 7) is 0.441. The Morgan fingerprint density at radius 3 is 2.92 bits per heavy atom. The van der Waals surface area contributed by atoms with E-state index in [1.807, 2.05) is 0 Å². The van der Waals surface area contributed by atoms with Crippen LogP contribution in [0.2, 0.25) is 0 Å². The molecule has 0 aliphatic rings. The van der Waals surface area contributed by atoms with Crippen molar-refractivity contribution < 1.29 is 9.53 Å². The fourth-order valence-corrected chi connectivity index (χ4v) is 2.20. The quantitative estimate of drug-likeness (QED) is 0.671. The second-order valence-electron chi connectivity index (χ2n) is 5.21. The summed E-state index contributed by atoms with van der Waals surface area (Å²) in [5.41, 5.74) is 0.328. The first-order chi connectivity index (χ1) is 12.7. The number of carbonyl (C=O) groups is 1. The lowest BCUT2D eigenvalue weighted by atomic mass is 10.3. The SMILES string of the molecule is COc1cccc(NC(=O)NCCn2nc(-n3cncn3)ccc2=O)c1. The number of urea groups is 1. The Kier molecular flexibility index (Phi) is 5.22. The highest BCUT2D eigenvalue weighted by Crippen LogP contribution is 2.16. The molecule has 0 unspecified atom stereocenters. The molecule has 0 aliphatic carbocycles. The first kappa shape index (κ1) is 17.1. The molecular weight excluding hydrogens is 338 g/mol. The lowest BCUT2D eigenvalue weighted by Gasteiger charge is -2.10. The molecule has 0 bridgehead atoms. The van der Waals surface area contributed by atoms with Gasteiger partial charge in [-0.3, -0.25) is 4.79 Å². The number of rotatable bonds is 6. The fraction of sp³-hybridized carbons (Fsp3) is 0.188. The van der Waals surface area contributed by atoms with E-state index in [0.29, 0.717) is 17.3 Å². The minimum atomic E-state index is -0.390. The molecule has 2 heterocycles. The molecule has 2 amide bonds. The van der Waals surface area contributed by atoms with Gasteiger partial charge in [0.05, 0.1) is 13.7 Å². The van der Waals surface area contributed by atoms with Crippen LogP contribution >= 0.6 is 0 Å². The number of hydrogen-bond acceptors (Lipinski definition) is 6. The molecule has 10 nitrogen and oxygen atoms in total. The lowest BCUT2D eigenvalue weighted by Crippen LogP contribution is -2.34. The van der Waals surface area contributed by atoms with Gasteiger partial charge in [-0.25, -0.2) is 19.1 Å². The monoisotopic (exact) mass is 355 g/mol. The van der Waals surface area contributed by atoms with Gasteiger partial charge in [-0.05, 0) is 18.2 Å². The van der Waals surface area contributed by atoms with E-state index in [-0.39, 0.29) is 18.6 Å². The number of methoxy groups -OCH3 is 1. The van der Waals surface area contributed by atoms with Gasteiger partial charge >= 0.3 is 6.03 Å². The van der Waals surface area contributed by atoms with Crippen molar-refractivity contribution in [1.29, 1.82) is 0 Å². The van der Waals surface area contributed by atoms with Crippen molar-refractivity contribution in [3.63, 3.8) is 0 Å². The standard InChI is InChI=1S/C16H17N7O3/c1-26-13-4-2-3-12(9-13)20-16(25)18-7-8-22-15(24)6-5-14(21-22)23-11-17-10-19-23/h2-6,9-11H,7-8H2,1H3,(H2,18,20,25). The van der Waals surface area contributed by atoms with Crippen molar-refractivity contribution in [1.82, 2.24) is 29.9 Å². The summed E-state index contributed by atoms with van der Waals surface area (Å²) in [4.78, 5) is 27.7. The molecule has 0 radical (unpaired) electrons. The minimum Gasteiger partial charge on any atom is -0.497 e. The first-order valence-electron chi connectivity index (χ1n) is 7.78. The summed E-state index contributed by atoms with van der Waals surface area (Å²) in [6.07, 6.45) is 2.86. The Hall–Kier alpha value is -3.69. The third-order valence-corrected chi connectivity index (χ3v) is 3.44. The molecule has 2 N–H and O–H groups in total. The second-order valence-corrected chi connectivity index (χ2v) is 5.21. The van der Waals surface area contributed by atoms with Gasteiger partial charge in [0.1, 0.15) is 18.4 Å². The van der Waals surface area contributed by atoms with Gasteiger partial charge in [0.15, 0.2) is 5.82 Å². The maximum absolute atomic E-state index is 11.9. The van der Waals surface area contributed by atoms with E-state index in [1.54, 1.807) is 37.4 Å². The maximum Gasteiger partial charge on any atom is 0.319 e. The zero-order valence-electron chi connectivity index (χ0n) is 14.0. The van der Waals surface area contributed by atoms with E-state index >= 15 is 0 Å². The largest absolute Gasteiger partial charge is 0.497 e. The number of ether oxygens (including phenoxy) is 1. The number of nitrogens with one attached hydrogen (secondary N) is 2. The van der Waals surface area contributed by atoms with Crippen LogP contribution in [0.15, 0.2) is 53.8 Å². The Balaban J connectivity index is 1.56. The number of hydrogen-bond donors (Lipinski definition) is 2. The average molecular weight is 355 g/mol. The number of amides is 2. The Morgan fingerprint density at radius 1 is 1.27 bits per heavy atom. The number of benzene rings is 1. The van der Waals surface area contributed by atoms with E-state index in [1.165, 1.54) is 28.1 Å². The Bertz CT molecular complexity index is 937. The van der Waals surface area contributed by atoms with E-state index in [0.717, 1.165) is 0 Å². The van der Waals surface area contributed by atoms with Crippen molar-refractivity contribution in [2.24, 2.45) is 0 Å². The number of carbonyl (C=O) groups excluding carboxylic acids is 1. The summed E-state index contributed by atoms with van der Waals surface area (Å²) in [6, 6.07) is 9.55. The van der Waals surface area contributed by atoms with Crippen molar-refractivity contribution in [3.05, 3.63) is 59.4 Å². The van der Waals surface area contributed by atoms with Gasteiger partial charge in [-0.15, -0.1) is 5.10 Å². The third kappa shape index (κ3) is 4.23. The molecule has 1 aromatic carbocycles. The van der Waals surface area contributed by atoms with E-state index in [4.69, 9.17) is 4.74 Å². The van der Waals surface area contributed by atoms with Crippen molar-refractivity contribution in [2.45, 2.75) is 6.54 Å². The zero-order valence-corrected chi connectivity index (χ0v) is 14.0. The highest BCUT2D eigenvalue weighted by molar-refractivity contribution is 5.89. The topological polar surface area (TPSA) is 116 Å². The molecule has 0 fully saturated rings. The van der Waals surface area contributed by atoms with Crippen molar-refractivity contribution in [2.75, 3.05) is 19.0 Å². The second kappa shape index (κ2) is 7.92. The van der Waals surface area contributed by atoms with Gasteiger partial charge in [0, 0.05) is 24.4 Å². The van der Waals surface area contributed by atoms with Gasteiger partial charge in [0.2, 0.25) is 0 Å². The summed E-state index contributed by atoms with van der Waals surface area (Å²) in [7, 11) is 1.55. The minimum absolute atomic E-state index is 0.215. The predicted octanol–water partition coefficient (Wildman–Crippen LogP) is 0.654. The normalized spacial score (nSPS) is 10.3. The smallest absolute Gasteiger partial charge is 0.319 e. The molecule has 10 heteroatoms. The molecule has 0 saturated carbocycles. The van der Waals surface area contributed by atoms with Crippen LogP contribution in [0.4, 0.5) is 10.5 Å². The molecule has 0 aliphatic heterocycles. The molecule has 3 rings (SSSR count). The van der Waals surface area contributed by atoms with Crippen LogP contribution in [0.25, 0.3) is 5.82 Å². The number of aromatic nitrogens is 5. The Morgan fingerprint density at radius 2 is 2.15 bits per heavy atom. The summed E-state index contributed by atoms with van der Waals surface area (Å²) in [5, 5.41) is 13.5. The summed E-state index contributed by atoms with van der Waals surface area (Å²) >= 11 is 0. The molecular formula is C16H17N7O3. The van der Waals surface area contributed by atoms with Crippen LogP contribution in [0.1, 0.15) is 0 Å². The first-order valence-corrected chi connectivity index (χ1v) is 7.78. The van der Waals surface area contributed by atoms with E-state index < -0.39 is 6.03 Å². The van der Waals surface area contributed by atoms with Crippen LogP contribution in [0.3, 0.4) is 0 Å². The molecule has 0 atom stereocenters. The highest BCUT2D eigenvalue weighted by atomic mass is 16.5. The lowest BCUT2D eigenvalue weighted by molar-refractivity contribution is 0.251. The molecule has 26 heavy (non-hydrogen) atoms. The van der Waals surface area contributed by atoms with Crippen molar-refractivity contribution in [3.8, 4) is 11.6 Å². The van der Waals surface area contributed by atoms with Gasteiger partial charge in [-0.1, -0.05) is 6.07 Å². The van der Waals surface area contributed by atoms with Gasteiger partial charge in [0.25, 0.3) is 5.56 Å². The molecule has 3 aromatic rings. The zero-order chi connectivity index (χ0) is 18.4. The number of anilines is 1. The molecule has 0 spiro atoms. The van der Waals surface area contributed by atoms with E-state index in [2.05, 4.69) is 25.8 Å².